The molecule has 3 rings (SSSR count). The molecule has 0 bridgehead atoms. The summed E-state index contributed by atoms with van der Waals surface area (Å²) in [5.74, 6) is 1.89. The van der Waals surface area contributed by atoms with Crippen LogP contribution in [0.5, 0.6) is 0 Å². The molecular weight excluding hydrogens is 344 g/mol. The molecule has 0 N–H and O–H groups in total. The van der Waals surface area contributed by atoms with Crippen LogP contribution in [0.15, 0.2) is 39.9 Å². The number of rotatable bonds is 4. The van der Waals surface area contributed by atoms with Gasteiger partial charge in [0, 0.05) is 16.7 Å². The number of hydrogen-bond acceptors (Lipinski definition) is 6. The van der Waals surface area contributed by atoms with Crippen molar-refractivity contribution in [2.75, 3.05) is 0 Å². The molecule has 7 heteroatoms. The van der Waals surface area contributed by atoms with Gasteiger partial charge in [-0.2, -0.15) is 5.26 Å². The predicted octanol–water partition coefficient (Wildman–Crippen LogP) is 4.57. The number of hydrogen-bond donors (Lipinski definition) is 0. The molecule has 120 valence electrons. The van der Waals surface area contributed by atoms with Gasteiger partial charge in [-0.15, -0.1) is 0 Å². The molecule has 3 aromatic rings. The summed E-state index contributed by atoms with van der Waals surface area (Å²) in [6.45, 7) is 3.62. The predicted molar refractivity (Wildman–Crippen MR) is 92.7 cm³/mol. The number of thioether (sulfide) groups is 1. The minimum Gasteiger partial charge on any atom is -0.360 e. The van der Waals surface area contributed by atoms with E-state index in [2.05, 4.69) is 21.2 Å². The number of aromatic nitrogens is 3. The third-order valence-electron chi connectivity index (χ3n) is 3.33. The first-order valence-corrected chi connectivity index (χ1v) is 8.53. The molecule has 2 heterocycles. The van der Waals surface area contributed by atoms with E-state index in [0.29, 0.717) is 38.6 Å². The van der Waals surface area contributed by atoms with E-state index in [4.69, 9.17) is 16.1 Å². The molecule has 0 amide bonds. The highest BCUT2D eigenvalue weighted by Gasteiger charge is 2.13. The number of benzene rings is 1. The monoisotopic (exact) mass is 356 g/mol. The fraction of sp³-hybridized carbons (Fsp3) is 0.176. The van der Waals surface area contributed by atoms with Gasteiger partial charge >= 0.3 is 0 Å². The Balaban J connectivity index is 1.77. The van der Waals surface area contributed by atoms with Crippen molar-refractivity contribution in [3.63, 3.8) is 0 Å². The molecule has 0 aliphatic heterocycles. The molecule has 0 aliphatic rings. The molecule has 5 nitrogen and oxygen atoms in total. The van der Waals surface area contributed by atoms with E-state index in [1.54, 1.807) is 0 Å². The van der Waals surface area contributed by atoms with Gasteiger partial charge in [0.25, 0.3) is 0 Å². The van der Waals surface area contributed by atoms with Crippen molar-refractivity contribution < 1.29 is 4.52 Å². The van der Waals surface area contributed by atoms with E-state index in [0.717, 1.165) is 11.3 Å². The van der Waals surface area contributed by atoms with Gasteiger partial charge in [0.05, 0.1) is 11.4 Å². The second kappa shape index (κ2) is 7.04. The summed E-state index contributed by atoms with van der Waals surface area (Å²) in [5, 5.41) is 14.7. The Morgan fingerprint density at radius 1 is 1.21 bits per heavy atom. The Morgan fingerprint density at radius 2 is 1.96 bits per heavy atom. The van der Waals surface area contributed by atoms with Gasteiger partial charge in [-0.05, 0) is 26.0 Å². The summed E-state index contributed by atoms with van der Waals surface area (Å²) in [6.07, 6.45) is 0. The zero-order valence-corrected chi connectivity index (χ0v) is 14.6. The van der Waals surface area contributed by atoms with E-state index in [1.807, 2.05) is 44.2 Å². The molecule has 0 atom stereocenters. The normalized spacial score (nSPS) is 10.6. The van der Waals surface area contributed by atoms with Gasteiger partial charge in [0.15, 0.2) is 0 Å². The van der Waals surface area contributed by atoms with E-state index in [9.17, 15) is 5.26 Å². The summed E-state index contributed by atoms with van der Waals surface area (Å²) in [4.78, 5) is 8.56. The summed E-state index contributed by atoms with van der Waals surface area (Å²) >= 11 is 7.33. The summed E-state index contributed by atoms with van der Waals surface area (Å²) in [6, 6.07) is 11.4. The first-order valence-electron chi connectivity index (χ1n) is 7.16. The van der Waals surface area contributed by atoms with Crippen LogP contribution >= 0.6 is 23.4 Å². The van der Waals surface area contributed by atoms with Crippen LogP contribution in [-0.4, -0.2) is 15.1 Å². The molecule has 0 spiro atoms. The maximum absolute atomic E-state index is 9.27. The quantitative estimate of drug-likeness (QED) is 0.503. The Labute approximate surface area is 148 Å². The van der Waals surface area contributed by atoms with Crippen LogP contribution in [0.2, 0.25) is 5.02 Å². The first-order chi connectivity index (χ1) is 11.6. The minimum atomic E-state index is 0.503. The van der Waals surface area contributed by atoms with Crippen LogP contribution in [0.4, 0.5) is 0 Å². The second-order valence-electron chi connectivity index (χ2n) is 5.12. The number of nitrogens with zero attached hydrogens (tertiary/aromatic N) is 4. The molecule has 1 aromatic carbocycles. The average molecular weight is 357 g/mol. The molecular formula is C17H13ClN4OS. The summed E-state index contributed by atoms with van der Waals surface area (Å²) in [5.41, 5.74) is 2.87. The van der Waals surface area contributed by atoms with E-state index < -0.39 is 0 Å². The van der Waals surface area contributed by atoms with Crippen LogP contribution in [-0.2, 0) is 5.75 Å². The van der Waals surface area contributed by atoms with E-state index in [-0.39, 0.29) is 0 Å². The Morgan fingerprint density at radius 3 is 2.67 bits per heavy atom. The smallest absolute Gasteiger partial charge is 0.147 e. The molecule has 0 saturated carbocycles. The SMILES string of the molecule is Cc1nc(C)c(C#N)c(SCc2cc(-c3ccc(Cl)cc3)no2)n1. The fourth-order valence-electron chi connectivity index (χ4n) is 2.19. The number of aryl methyl sites for hydroxylation is 2. The highest BCUT2D eigenvalue weighted by Crippen LogP contribution is 2.28. The van der Waals surface area contributed by atoms with Crippen molar-refractivity contribution in [1.29, 1.82) is 5.26 Å². The second-order valence-corrected chi connectivity index (χ2v) is 6.52. The standard InChI is InChI=1S/C17H13ClN4OS/c1-10-15(8-19)17(21-11(2)20-10)24-9-14-7-16(22-23-14)12-3-5-13(18)6-4-12/h3-7H,9H2,1-2H3. The van der Waals surface area contributed by atoms with Gasteiger partial charge < -0.3 is 4.52 Å². The third-order valence-corrected chi connectivity index (χ3v) is 4.58. The Hall–Kier alpha value is -2.36. The first kappa shape index (κ1) is 16.5. The molecule has 0 aliphatic carbocycles. The zero-order valence-electron chi connectivity index (χ0n) is 13.1. The highest BCUT2D eigenvalue weighted by atomic mass is 35.5. The maximum Gasteiger partial charge on any atom is 0.147 e. The van der Waals surface area contributed by atoms with Crippen molar-refractivity contribution >= 4 is 23.4 Å². The molecule has 0 radical (unpaired) electrons. The van der Waals surface area contributed by atoms with Crippen LogP contribution in [0.25, 0.3) is 11.3 Å². The summed E-state index contributed by atoms with van der Waals surface area (Å²) in [7, 11) is 0. The zero-order chi connectivity index (χ0) is 17.1. The average Bonchev–Trinajstić information content (AvgIpc) is 3.02. The van der Waals surface area contributed by atoms with Crippen molar-refractivity contribution in [3.8, 4) is 17.3 Å². The van der Waals surface area contributed by atoms with Crippen molar-refractivity contribution in [2.24, 2.45) is 0 Å². The molecule has 24 heavy (non-hydrogen) atoms. The van der Waals surface area contributed by atoms with E-state index >= 15 is 0 Å². The Kier molecular flexibility index (Phi) is 4.84. The summed E-state index contributed by atoms with van der Waals surface area (Å²) < 4.78 is 5.37. The lowest BCUT2D eigenvalue weighted by Crippen LogP contribution is -1.98. The van der Waals surface area contributed by atoms with Gasteiger partial charge in [0.1, 0.15) is 33.9 Å². The van der Waals surface area contributed by atoms with Crippen LogP contribution < -0.4 is 0 Å². The molecule has 0 unspecified atom stereocenters. The molecule has 0 saturated heterocycles. The van der Waals surface area contributed by atoms with Gasteiger partial charge in [-0.3, -0.25) is 0 Å². The van der Waals surface area contributed by atoms with Crippen LogP contribution in [0, 0.1) is 25.2 Å². The van der Waals surface area contributed by atoms with Gasteiger partial charge in [0.2, 0.25) is 0 Å². The Bertz CT molecular complexity index is 915. The number of halogens is 1. The highest BCUT2D eigenvalue weighted by molar-refractivity contribution is 7.98. The van der Waals surface area contributed by atoms with Crippen molar-refractivity contribution in [2.45, 2.75) is 24.6 Å². The van der Waals surface area contributed by atoms with E-state index in [1.165, 1.54) is 11.8 Å². The minimum absolute atomic E-state index is 0.503. The van der Waals surface area contributed by atoms with Crippen molar-refractivity contribution in [3.05, 3.63) is 58.2 Å². The lowest BCUT2D eigenvalue weighted by molar-refractivity contribution is 0.397. The lowest BCUT2D eigenvalue weighted by Gasteiger charge is -2.05. The molecule has 2 aromatic heterocycles. The van der Waals surface area contributed by atoms with Crippen molar-refractivity contribution in [1.82, 2.24) is 15.1 Å². The van der Waals surface area contributed by atoms with Gasteiger partial charge in [-0.1, -0.05) is 40.7 Å². The fourth-order valence-corrected chi connectivity index (χ4v) is 3.27. The lowest BCUT2D eigenvalue weighted by atomic mass is 10.1. The largest absolute Gasteiger partial charge is 0.360 e. The third kappa shape index (κ3) is 3.58. The topological polar surface area (TPSA) is 75.6 Å². The number of nitriles is 1. The van der Waals surface area contributed by atoms with Crippen LogP contribution in [0.1, 0.15) is 22.8 Å². The maximum atomic E-state index is 9.27. The van der Waals surface area contributed by atoms with Gasteiger partial charge in [-0.25, -0.2) is 9.97 Å². The van der Waals surface area contributed by atoms with Crippen LogP contribution in [0.3, 0.4) is 0 Å². The molecule has 0 fully saturated rings.